The molecule has 1 heterocycles. The van der Waals surface area contributed by atoms with Gasteiger partial charge in [-0.3, -0.25) is 0 Å². The Kier molecular flexibility index (Phi) is 4.23. The maximum Gasteiger partial charge on any atom is 0.338 e. The van der Waals surface area contributed by atoms with Crippen LogP contribution in [-0.2, 0) is 16.8 Å². The minimum atomic E-state index is -0.627. The van der Waals surface area contributed by atoms with Gasteiger partial charge in [-0.2, -0.15) is 0 Å². The van der Waals surface area contributed by atoms with Crippen LogP contribution >= 0.6 is 0 Å². The predicted octanol–water partition coefficient (Wildman–Crippen LogP) is 4.34. The highest BCUT2D eigenvalue weighted by molar-refractivity contribution is 5.91. The highest BCUT2D eigenvalue weighted by Gasteiger charge is 2.38. The molecule has 3 rings (SSSR count). The van der Waals surface area contributed by atoms with Crippen LogP contribution in [-0.4, -0.2) is 18.2 Å². The molecule has 1 unspecified atom stereocenters. The summed E-state index contributed by atoms with van der Waals surface area (Å²) in [7, 11) is 1.39. The van der Waals surface area contributed by atoms with Gasteiger partial charge in [0.1, 0.15) is 17.1 Å². The maximum absolute atomic E-state index is 12.2. The van der Waals surface area contributed by atoms with Gasteiger partial charge in [0.15, 0.2) is 0 Å². The van der Waals surface area contributed by atoms with Crippen molar-refractivity contribution in [3.05, 3.63) is 57.6 Å². The van der Waals surface area contributed by atoms with Gasteiger partial charge in [-0.05, 0) is 63.3 Å². The smallest absolute Gasteiger partial charge is 0.338 e. The molecular weight excluding hydrogens is 316 g/mol. The van der Waals surface area contributed by atoms with Crippen molar-refractivity contribution >= 4 is 5.97 Å². The number of rotatable bonds is 2. The van der Waals surface area contributed by atoms with E-state index < -0.39 is 5.60 Å². The first kappa shape index (κ1) is 17.3. The van der Waals surface area contributed by atoms with Crippen molar-refractivity contribution in [2.75, 3.05) is 7.11 Å². The molecule has 4 nitrogen and oxygen atoms in total. The van der Waals surface area contributed by atoms with Crippen LogP contribution in [0.4, 0.5) is 0 Å². The van der Waals surface area contributed by atoms with Crippen molar-refractivity contribution in [3.8, 4) is 11.5 Å². The molecule has 0 aromatic heterocycles. The lowest BCUT2D eigenvalue weighted by molar-refractivity contribution is 0.0507. The van der Waals surface area contributed by atoms with Crippen molar-refractivity contribution in [1.82, 2.24) is 0 Å². The van der Waals surface area contributed by atoms with Gasteiger partial charge >= 0.3 is 5.97 Å². The molecule has 4 heteroatoms. The monoisotopic (exact) mass is 340 g/mol. The van der Waals surface area contributed by atoms with Crippen LogP contribution in [0.2, 0.25) is 0 Å². The Bertz CT molecular complexity index is 853. The summed E-state index contributed by atoms with van der Waals surface area (Å²) in [5.74, 6) is 0.806. The Morgan fingerprint density at radius 2 is 1.84 bits per heavy atom. The molecule has 1 aliphatic rings. The molecule has 0 fully saturated rings. The number of benzene rings is 2. The zero-order chi connectivity index (χ0) is 18.4. The summed E-state index contributed by atoms with van der Waals surface area (Å²) in [4.78, 5) is 12.2. The minimum absolute atomic E-state index is 0.346. The van der Waals surface area contributed by atoms with Crippen molar-refractivity contribution in [3.63, 3.8) is 0 Å². The van der Waals surface area contributed by atoms with Crippen molar-refractivity contribution in [1.29, 1.82) is 0 Å². The van der Waals surface area contributed by atoms with Gasteiger partial charge in [0, 0.05) is 11.1 Å². The average Bonchev–Trinajstić information content (AvgIpc) is 2.64. The molecule has 2 aromatic rings. The number of phenols is 1. The SMILES string of the molecule is COC(=O)c1ccccc1C1(C)CCc2c(C)c(O)c(C)c(C)c2O1. The molecule has 0 amide bonds. The fraction of sp³-hybridized carbons (Fsp3) is 0.381. The average molecular weight is 340 g/mol. The number of hydrogen-bond donors (Lipinski definition) is 1. The van der Waals surface area contributed by atoms with Crippen LogP contribution in [0.25, 0.3) is 0 Å². The number of carbonyl (C=O) groups is 1. The van der Waals surface area contributed by atoms with E-state index >= 15 is 0 Å². The van der Waals surface area contributed by atoms with E-state index in [9.17, 15) is 9.90 Å². The number of hydrogen-bond acceptors (Lipinski definition) is 4. The largest absolute Gasteiger partial charge is 0.507 e. The molecule has 1 aliphatic heterocycles. The second-order valence-electron chi connectivity index (χ2n) is 6.90. The van der Waals surface area contributed by atoms with Gasteiger partial charge in [0.05, 0.1) is 12.7 Å². The van der Waals surface area contributed by atoms with Crippen LogP contribution in [0, 0.1) is 20.8 Å². The molecule has 0 bridgehead atoms. The summed E-state index contributed by atoms with van der Waals surface area (Å²) in [6.07, 6.45) is 1.50. The van der Waals surface area contributed by atoms with Crippen molar-refractivity contribution < 1.29 is 19.4 Å². The van der Waals surface area contributed by atoms with Crippen LogP contribution < -0.4 is 4.74 Å². The van der Waals surface area contributed by atoms with Crippen molar-refractivity contribution in [2.24, 2.45) is 0 Å². The van der Waals surface area contributed by atoms with E-state index in [2.05, 4.69) is 0 Å². The Balaban J connectivity index is 2.13. The summed E-state index contributed by atoms with van der Waals surface area (Å²) < 4.78 is 11.4. The molecule has 0 saturated heterocycles. The third-order valence-electron chi connectivity index (χ3n) is 5.42. The van der Waals surface area contributed by atoms with Crippen LogP contribution in [0.5, 0.6) is 11.5 Å². The third kappa shape index (κ3) is 2.66. The first-order chi connectivity index (χ1) is 11.8. The van der Waals surface area contributed by atoms with Gasteiger partial charge in [-0.1, -0.05) is 18.2 Å². The lowest BCUT2D eigenvalue weighted by Gasteiger charge is -2.39. The van der Waals surface area contributed by atoms with Gasteiger partial charge < -0.3 is 14.6 Å². The molecule has 0 spiro atoms. The highest BCUT2D eigenvalue weighted by Crippen LogP contribution is 2.46. The Morgan fingerprint density at radius 3 is 2.52 bits per heavy atom. The van der Waals surface area contributed by atoms with Gasteiger partial charge in [-0.15, -0.1) is 0 Å². The zero-order valence-electron chi connectivity index (χ0n) is 15.4. The number of fused-ring (bicyclic) bond motifs is 1. The summed E-state index contributed by atoms with van der Waals surface area (Å²) in [5, 5.41) is 10.3. The number of esters is 1. The Hall–Kier alpha value is -2.49. The van der Waals surface area contributed by atoms with Gasteiger partial charge in [-0.25, -0.2) is 4.79 Å². The topological polar surface area (TPSA) is 55.8 Å². The normalized spacial score (nSPS) is 19.1. The molecule has 1 N–H and O–H groups in total. The molecule has 0 saturated carbocycles. The standard InChI is InChI=1S/C21H24O4/c1-12-13(2)19-15(14(3)18(12)22)10-11-21(4,25-19)17-9-7-6-8-16(17)20(23)24-5/h6-9,22H,10-11H2,1-5H3. The number of methoxy groups -OCH3 is 1. The second kappa shape index (κ2) is 6.10. The van der Waals surface area contributed by atoms with Crippen LogP contribution in [0.15, 0.2) is 24.3 Å². The van der Waals surface area contributed by atoms with E-state index in [1.165, 1.54) is 7.11 Å². The first-order valence-electron chi connectivity index (χ1n) is 8.48. The number of ether oxygens (including phenoxy) is 2. The Labute approximate surface area is 148 Å². The summed E-state index contributed by atoms with van der Waals surface area (Å²) >= 11 is 0. The maximum atomic E-state index is 12.2. The number of aromatic hydroxyl groups is 1. The fourth-order valence-corrected chi connectivity index (χ4v) is 3.67. The second-order valence-corrected chi connectivity index (χ2v) is 6.90. The van der Waals surface area contributed by atoms with E-state index in [1.54, 1.807) is 6.07 Å². The lowest BCUT2D eigenvalue weighted by atomic mass is 9.81. The predicted molar refractivity (Wildman–Crippen MR) is 96.4 cm³/mol. The van der Waals surface area contributed by atoms with E-state index in [0.717, 1.165) is 46.4 Å². The van der Waals surface area contributed by atoms with E-state index in [-0.39, 0.29) is 5.97 Å². The van der Waals surface area contributed by atoms with E-state index in [0.29, 0.717) is 11.3 Å². The van der Waals surface area contributed by atoms with Crippen molar-refractivity contribution in [2.45, 2.75) is 46.1 Å². The van der Waals surface area contributed by atoms with Gasteiger partial charge in [0.25, 0.3) is 0 Å². The zero-order valence-corrected chi connectivity index (χ0v) is 15.4. The summed E-state index contributed by atoms with van der Waals surface area (Å²) in [6.45, 7) is 7.80. The summed E-state index contributed by atoms with van der Waals surface area (Å²) in [6, 6.07) is 7.43. The lowest BCUT2D eigenvalue weighted by Crippen LogP contribution is -2.36. The molecule has 0 aliphatic carbocycles. The number of phenolic OH excluding ortho intramolecular Hbond substituents is 1. The van der Waals surface area contributed by atoms with Crippen LogP contribution in [0.1, 0.15) is 51.5 Å². The highest BCUT2D eigenvalue weighted by atomic mass is 16.5. The molecule has 0 radical (unpaired) electrons. The first-order valence-corrected chi connectivity index (χ1v) is 8.48. The molecule has 25 heavy (non-hydrogen) atoms. The van der Waals surface area contributed by atoms with Gasteiger partial charge in [0.2, 0.25) is 0 Å². The fourth-order valence-electron chi connectivity index (χ4n) is 3.67. The van der Waals surface area contributed by atoms with E-state index in [4.69, 9.17) is 9.47 Å². The molecule has 1 atom stereocenters. The Morgan fingerprint density at radius 1 is 1.16 bits per heavy atom. The quantitative estimate of drug-likeness (QED) is 0.826. The minimum Gasteiger partial charge on any atom is -0.507 e. The van der Waals surface area contributed by atoms with E-state index in [1.807, 2.05) is 45.9 Å². The summed E-state index contributed by atoms with van der Waals surface area (Å²) in [5.41, 5.74) is 4.44. The molecular formula is C21H24O4. The van der Waals surface area contributed by atoms with Crippen LogP contribution in [0.3, 0.4) is 0 Å². The molecule has 132 valence electrons. The third-order valence-corrected chi connectivity index (χ3v) is 5.42. The molecule has 2 aromatic carbocycles. The number of carbonyl (C=O) groups excluding carboxylic acids is 1.